The third kappa shape index (κ3) is 5.26. The number of aromatic nitrogens is 1. The van der Waals surface area contributed by atoms with E-state index < -0.39 is 17.1 Å². The smallest absolute Gasteiger partial charge is 0.305 e. The number of benzene rings is 2. The van der Waals surface area contributed by atoms with E-state index >= 15 is 0 Å². The Balaban J connectivity index is 1.34. The highest BCUT2D eigenvalue weighted by Crippen LogP contribution is 2.53. The van der Waals surface area contributed by atoms with Gasteiger partial charge in [-0.25, -0.2) is 4.90 Å². The predicted octanol–water partition coefficient (Wildman–Crippen LogP) is 4.68. The van der Waals surface area contributed by atoms with Crippen molar-refractivity contribution in [2.75, 3.05) is 31.2 Å². The molecule has 0 bridgehead atoms. The minimum absolute atomic E-state index is 0.0672. The number of ether oxygens (including phenoxy) is 2. The van der Waals surface area contributed by atoms with Crippen LogP contribution in [-0.2, 0) is 14.4 Å². The van der Waals surface area contributed by atoms with Crippen LogP contribution < -0.4 is 19.2 Å². The van der Waals surface area contributed by atoms with Crippen molar-refractivity contribution >= 4 is 58.1 Å². The highest BCUT2D eigenvalue weighted by molar-refractivity contribution is 8.00. The topological polar surface area (TPSA) is 109 Å². The second kappa shape index (κ2) is 11.5. The van der Waals surface area contributed by atoms with Crippen molar-refractivity contribution in [2.45, 2.75) is 42.4 Å². The van der Waals surface area contributed by atoms with Crippen molar-refractivity contribution in [3.05, 3.63) is 67.6 Å². The number of nitrogens with one attached hydrogen (secondary N) is 1. The third-order valence-corrected chi connectivity index (χ3v) is 10.2. The van der Waals surface area contributed by atoms with Crippen molar-refractivity contribution in [1.29, 1.82) is 0 Å². The van der Waals surface area contributed by atoms with Crippen LogP contribution in [0.5, 0.6) is 11.5 Å². The maximum Gasteiger partial charge on any atom is 0.305 e. The van der Waals surface area contributed by atoms with Crippen LogP contribution in [0.3, 0.4) is 0 Å². The largest absolute Gasteiger partial charge is 0.490 e. The van der Waals surface area contributed by atoms with E-state index in [2.05, 4.69) is 4.98 Å². The highest BCUT2D eigenvalue weighted by Gasteiger charge is 2.56. The first-order valence-electron chi connectivity index (χ1n) is 13.6. The van der Waals surface area contributed by atoms with Crippen LogP contribution in [0.2, 0.25) is 5.02 Å². The molecule has 3 aromatic rings. The second-order valence-corrected chi connectivity index (χ2v) is 12.7. The predicted molar refractivity (Wildman–Crippen MR) is 157 cm³/mol. The van der Waals surface area contributed by atoms with Crippen LogP contribution in [0.15, 0.2) is 52.3 Å². The molecule has 1 aromatic heterocycles. The van der Waals surface area contributed by atoms with Gasteiger partial charge in [-0.05, 0) is 68.1 Å². The summed E-state index contributed by atoms with van der Waals surface area (Å²) in [7, 11) is 0. The molecular formula is C29H28ClN3O6S2. The Morgan fingerprint density at radius 3 is 2.49 bits per heavy atom. The summed E-state index contributed by atoms with van der Waals surface area (Å²) >= 11 is 8.31. The maximum absolute atomic E-state index is 13.9. The molecule has 2 fully saturated rings. The Bertz CT molecular complexity index is 1550. The van der Waals surface area contributed by atoms with E-state index in [0.29, 0.717) is 44.3 Å². The standard InChI is InChI=1S/C29H28ClN3O6S2/c1-2-38-20-14-16(6-11-19(20)39-15-21(34)32-12-4-3-5-13-32)22-23-25(40-26-24(22)41-29(37)31-26)28(36)33(27(23)35)18-9-7-17(30)8-10-18/h6-11,14,22-23,25H,2-5,12-13,15H2,1H3,(H,31,37). The van der Waals surface area contributed by atoms with Gasteiger partial charge in [-0.15, -0.1) is 0 Å². The first-order valence-corrected chi connectivity index (χ1v) is 15.6. The van der Waals surface area contributed by atoms with E-state index in [4.69, 9.17) is 21.1 Å². The SMILES string of the molecule is CCOc1cc(C2c3sc(=O)[nH]c3SC3C(=O)N(c4ccc(Cl)cc4)C(=O)C32)ccc1OCC(=O)N1CCCCC1. The number of thiazole rings is 1. The molecule has 0 saturated carbocycles. The fourth-order valence-corrected chi connectivity index (χ4v) is 8.34. The van der Waals surface area contributed by atoms with E-state index in [1.54, 1.807) is 36.4 Å². The van der Waals surface area contributed by atoms with Crippen molar-refractivity contribution in [3.8, 4) is 11.5 Å². The van der Waals surface area contributed by atoms with Gasteiger partial charge < -0.3 is 19.4 Å². The molecule has 0 radical (unpaired) electrons. The van der Waals surface area contributed by atoms with Gasteiger partial charge >= 0.3 is 4.87 Å². The molecule has 214 valence electrons. The van der Waals surface area contributed by atoms with Gasteiger partial charge in [0.05, 0.1) is 23.2 Å². The van der Waals surface area contributed by atoms with Gasteiger partial charge in [0.1, 0.15) is 5.25 Å². The lowest BCUT2D eigenvalue weighted by Gasteiger charge is -2.30. The molecule has 2 saturated heterocycles. The Hall–Kier alpha value is -3.28. The summed E-state index contributed by atoms with van der Waals surface area (Å²) in [6.45, 7) is 3.59. The molecule has 0 aliphatic carbocycles. The number of anilines is 1. The minimum atomic E-state index is -0.732. The summed E-state index contributed by atoms with van der Waals surface area (Å²) in [5, 5.41) is 0.381. The van der Waals surface area contributed by atoms with Gasteiger partial charge in [0.2, 0.25) is 11.8 Å². The summed E-state index contributed by atoms with van der Waals surface area (Å²) in [6, 6.07) is 11.9. The molecular weight excluding hydrogens is 586 g/mol. The number of thioether (sulfide) groups is 1. The zero-order valence-electron chi connectivity index (χ0n) is 22.3. The van der Waals surface area contributed by atoms with E-state index in [9.17, 15) is 19.2 Å². The molecule has 9 nitrogen and oxygen atoms in total. The quantitative estimate of drug-likeness (QED) is 0.386. The van der Waals surface area contributed by atoms with E-state index in [-0.39, 0.29) is 29.2 Å². The molecule has 6 rings (SSSR count). The average molecular weight is 614 g/mol. The summed E-state index contributed by atoms with van der Waals surface area (Å²) < 4.78 is 11.8. The van der Waals surface area contributed by atoms with Crippen LogP contribution >= 0.6 is 34.7 Å². The number of piperidine rings is 1. The first kappa shape index (κ1) is 27.9. The van der Waals surface area contributed by atoms with E-state index in [0.717, 1.165) is 43.7 Å². The molecule has 3 aliphatic rings. The monoisotopic (exact) mass is 613 g/mol. The minimum Gasteiger partial charge on any atom is -0.490 e. The lowest BCUT2D eigenvalue weighted by molar-refractivity contribution is -0.134. The summed E-state index contributed by atoms with van der Waals surface area (Å²) in [5.41, 5.74) is 1.17. The van der Waals surface area contributed by atoms with Gasteiger partial charge in [-0.2, -0.15) is 0 Å². The Labute approximate surface area is 249 Å². The molecule has 4 heterocycles. The molecule has 3 aliphatic heterocycles. The lowest BCUT2D eigenvalue weighted by atomic mass is 9.83. The molecule has 41 heavy (non-hydrogen) atoms. The van der Waals surface area contributed by atoms with Gasteiger partial charge in [-0.3, -0.25) is 19.2 Å². The van der Waals surface area contributed by atoms with Crippen molar-refractivity contribution < 1.29 is 23.9 Å². The van der Waals surface area contributed by atoms with Gasteiger partial charge in [0, 0.05) is 28.9 Å². The van der Waals surface area contributed by atoms with Crippen LogP contribution in [0.1, 0.15) is 42.5 Å². The second-order valence-electron chi connectivity index (χ2n) is 10.1. The Kier molecular flexibility index (Phi) is 7.84. The number of hydrogen-bond acceptors (Lipinski definition) is 8. The van der Waals surface area contributed by atoms with Gasteiger partial charge in [0.25, 0.3) is 5.91 Å². The maximum atomic E-state index is 13.9. The van der Waals surface area contributed by atoms with Crippen molar-refractivity contribution in [2.24, 2.45) is 5.92 Å². The number of rotatable bonds is 7. The Morgan fingerprint density at radius 1 is 1.00 bits per heavy atom. The third-order valence-electron chi connectivity index (χ3n) is 7.60. The molecule has 12 heteroatoms. The number of aromatic amines is 1. The van der Waals surface area contributed by atoms with Crippen LogP contribution in [0, 0.1) is 5.92 Å². The molecule has 3 unspecified atom stereocenters. The summed E-state index contributed by atoms with van der Waals surface area (Å²) in [6.07, 6.45) is 3.12. The highest BCUT2D eigenvalue weighted by atomic mass is 35.5. The van der Waals surface area contributed by atoms with Crippen LogP contribution in [0.25, 0.3) is 0 Å². The zero-order valence-corrected chi connectivity index (χ0v) is 24.7. The number of hydrogen-bond donors (Lipinski definition) is 1. The van der Waals surface area contributed by atoms with Crippen LogP contribution in [0.4, 0.5) is 5.69 Å². The number of fused-ring (bicyclic) bond motifs is 2. The normalized spacial score (nSPS) is 22.0. The summed E-state index contributed by atoms with van der Waals surface area (Å²) in [5.74, 6) is -1.18. The number of likely N-dealkylation sites (tertiary alicyclic amines) is 1. The fourth-order valence-electron chi connectivity index (χ4n) is 5.70. The molecule has 2 aromatic carbocycles. The Morgan fingerprint density at radius 2 is 1.76 bits per heavy atom. The van der Waals surface area contributed by atoms with E-state index in [1.807, 2.05) is 17.9 Å². The zero-order chi connectivity index (χ0) is 28.7. The summed E-state index contributed by atoms with van der Waals surface area (Å²) in [4.78, 5) is 59.0. The molecule has 3 amide bonds. The van der Waals surface area contributed by atoms with Crippen molar-refractivity contribution in [1.82, 2.24) is 9.88 Å². The number of carbonyl (C=O) groups is 3. The number of H-pyrrole nitrogens is 1. The van der Waals surface area contributed by atoms with Gasteiger partial charge in [-0.1, -0.05) is 40.8 Å². The van der Waals surface area contributed by atoms with Crippen LogP contribution in [-0.4, -0.2) is 59.2 Å². The number of amides is 3. The number of halogens is 1. The van der Waals surface area contributed by atoms with Gasteiger partial charge in [0.15, 0.2) is 18.1 Å². The lowest BCUT2D eigenvalue weighted by Crippen LogP contribution is -2.38. The van der Waals surface area contributed by atoms with E-state index in [1.165, 1.54) is 16.7 Å². The number of nitrogens with zero attached hydrogens (tertiary/aromatic N) is 2. The number of carbonyl (C=O) groups excluding carboxylic acids is 3. The first-order chi connectivity index (χ1) is 19.9. The van der Waals surface area contributed by atoms with Crippen molar-refractivity contribution in [3.63, 3.8) is 0 Å². The average Bonchev–Trinajstić information content (AvgIpc) is 3.47. The number of imide groups is 1. The molecule has 1 N–H and O–H groups in total. The molecule has 3 atom stereocenters. The molecule has 0 spiro atoms. The fraction of sp³-hybridized carbons (Fsp3) is 0.379.